The molecule has 1 nitrogen and oxygen atoms in total. The van der Waals surface area contributed by atoms with Crippen LogP contribution in [-0.4, -0.2) is 6.54 Å². The number of allylic oxidation sites excluding steroid dienone is 1. The molecule has 0 aliphatic rings. The zero-order chi connectivity index (χ0) is 7.82. The fourth-order valence-electron chi connectivity index (χ4n) is 1.14. The Hall–Kier alpha value is -0.300. The standard InChI is InChI=1S/C9H19N/c1-3-5-6-9(4-2)7-8-10/h3,9H,1,4-8,10H2,2H3. The molecule has 60 valence electrons. The Balaban J connectivity index is 3.29. The van der Waals surface area contributed by atoms with Crippen LogP contribution in [0.2, 0.25) is 0 Å². The van der Waals surface area contributed by atoms with Gasteiger partial charge in [-0.2, -0.15) is 0 Å². The zero-order valence-corrected chi connectivity index (χ0v) is 6.97. The Morgan fingerprint density at radius 2 is 2.20 bits per heavy atom. The van der Waals surface area contributed by atoms with E-state index in [0.29, 0.717) is 0 Å². The first-order valence-corrected chi connectivity index (χ1v) is 4.16. The maximum atomic E-state index is 5.45. The van der Waals surface area contributed by atoms with Crippen molar-refractivity contribution in [3.63, 3.8) is 0 Å². The summed E-state index contributed by atoms with van der Waals surface area (Å²) in [7, 11) is 0. The molecule has 1 unspecified atom stereocenters. The monoisotopic (exact) mass is 141 g/mol. The summed E-state index contributed by atoms with van der Waals surface area (Å²) in [6.45, 7) is 6.75. The summed E-state index contributed by atoms with van der Waals surface area (Å²) in [5, 5.41) is 0. The fourth-order valence-corrected chi connectivity index (χ4v) is 1.14. The maximum absolute atomic E-state index is 5.45. The molecule has 0 bridgehead atoms. The predicted octanol–water partition coefficient (Wildman–Crippen LogP) is 2.33. The quantitative estimate of drug-likeness (QED) is 0.564. The molecule has 0 heterocycles. The van der Waals surface area contributed by atoms with E-state index >= 15 is 0 Å². The van der Waals surface area contributed by atoms with E-state index in [2.05, 4.69) is 13.5 Å². The van der Waals surface area contributed by atoms with Gasteiger partial charge in [-0.15, -0.1) is 6.58 Å². The van der Waals surface area contributed by atoms with Crippen molar-refractivity contribution in [2.75, 3.05) is 6.54 Å². The molecule has 1 atom stereocenters. The van der Waals surface area contributed by atoms with Crippen LogP contribution in [0.3, 0.4) is 0 Å². The molecule has 2 N–H and O–H groups in total. The molecule has 0 aliphatic heterocycles. The third-order valence-corrected chi connectivity index (χ3v) is 1.93. The molecule has 0 aliphatic carbocycles. The zero-order valence-electron chi connectivity index (χ0n) is 6.97. The smallest absolute Gasteiger partial charge is 0.00746 e. The van der Waals surface area contributed by atoms with E-state index in [9.17, 15) is 0 Å². The van der Waals surface area contributed by atoms with Crippen LogP contribution in [-0.2, 0) is 0 Å². The van der Waals surface area contributed by atoms with Crippen molar-refractivity contribution in [2.45, 2.75) is 32.6 Å². The van der Waals surface area contributed by atoms with Gasteiger partial charge in [0.1, 0.15) is 0 Å². The molecule has 0 rings (SSSR count). The highest BCUT2D eigenvalue weighted by Crippen LogP contribution is 2.13. The molecule has 0 amide bonds. The van der Waals surface area contributed by atoms with E-state index in [4.69, 9.17) is 5.73 Å². The highest BCUT2D eigenvalue weighted by molar-refractivity contribution is 4.69. The number of hydrogen-bond acceptors (Lipinski definition) is 1. The predicted molar refractivity (Wildman–Crippen MR) is 46.9 cm³/mol. The van der Waals surface area contributed by atoms with Crippen molar-refractivity contribution in [1.29, 1.82) is 0 Å². The summed E-state index contributed by atoms with van der Waals surface area (Å²) in [5.74, 6) is 0.822. The summed E-state index contributed by atoms with van der Waals surface area (Å²) >= 11 is 0. The minimum atomic E-state index is 0.822. The van der Waals surface area contributed by atoms with Gasteiger partial charge in [-0.05, 0) is 31.7 Å². The Labute approximate surface area is 64.3 Å². The fraction of sp³-hybridized carbons (Fsp3) is 0.778. The molecule has 0 aromatic rings. The van der Waals surface area contributed by atoms with Gasteiger partial charge < -0.3 is 5.73 Å². The summed E-state index contributed by atoms with van der Waals surface area (Å²) < 4.78 is 0. The highest BCUT2D eigenvalue weighted by Gasteiger charge is 2.02. The van der Waals surface area contributed by atoms with Crippen LogP contribution in [0.4, 0.5) is 0 Å². The molecule has 0 saturated heterocycles. The van der Waals surface area contributed by atoms with Crippen molar-refractivity contribution in [2.24, 2.45) is 11.7 Å². The van der Waals surface area contributed by atoms with Gasteiger partial charge in [0.05, 0.1) is 0 Å². The minimum absolute atomic E-state index is 0.822. The third kappa shape index (κ3) is 4.57. The second-order valence-electron chi connectivity index (χ2n) is 2.72. The lowest BCUT2D eigenvalue weighted by Gasteiger charge is -2.10. The largest absolute Gasteiger partial charge is 0.330 e. The molecule has 0 radical (unpaired) electrons. The minimum Gasteiger partial charge on any atom is -0.330 e. The van der Waals surface area contributed by atoms with Crippen molar-refractivity contribution in [1.82, 2.24) is 0 Å². The molecule has 0 aromatic carbocycles. The molecule has 10 heavy (non-hydrogen) atoms. The third-order valence-electron chi connectivity index (χ3n) is 1.93. The van der Waals surface area contributed by atoms with Gasteiger partial charge in [-0.1, -0.05) is 19.4 Å². The van der Waals surface area contributed by atoms with E-state index in [1.807, 2.05) is 6.08 Å². The van der Waals surface area contributed by atoms with Crippen LogP contribution in [0, 0.1) is 5.92 Å². The van der Waals surface area contributed by atoms with E-state index in [0.717, 1.165) is 18.9 Å². The van der Waals surface area contributed by atoms with Gasteiger partial charge >= 0.3 is 0 Å². The van der Waals surface area contributed by atoms with Crippen LogP contribution < -0.4 is 5.73 Å². The molecule has 1 heteroatoms. The molecular weight excluding hydrogens is 122 g/mol. The second kappa shape index (κ2) is 6.81. The van der Waals surface area contributed by atoms with Crippen LogP contribution in [0.15, 0.2) is 12.7 Å². The summed E-state index contributed by atoms with van der Waals surface area (Å²) in [5.41, 5.74) is 5.45. The molecule has 0 saturated carbocycles. The molecule has 0 aromatic heterocycles. The Bertz CT molecular complexity index is 78.8. The average molecular weight is 141 g/mol. The van der Waals surface area contributed by atoms with Gasteiger partial charge in [-0.3, -0.25) is 0 Å². The first-order chi connectivity index (χ1) is 4.85. The first kappa shape index (κ1) is 9.70. The number of hydrogen-bond donors (Lipinski definition) is 1. The van der Waals surface area contributed by atoms with Crippen LogP contribution in [0.25, 0.3) is 0 Å². The van der Waals surface area contributed by atoms with E-state index < -0.39 is 0 Å². The Morgan fingerprint density at radius 3 is 2.60 bits per heavy atom. The normalized spacial score (nSPS) is 13.0. The molecule has 0 fully saturated rings. The molecule has 0 spiro atoms. The lowest BCUT2D eigenvalue weighted by atomic mass is 9.97. The van der Waals surface area contributed by atoms with Crippen molar-refractivity contribution in [3.05, 3.63) is 12.7 Å². The highest BCUT2D eigenvalue weighted by atomic mass is 14.5. The number of nitrogens with two attached hydrogens (primary N) is 1. The van der Waals surface area contributed by atoms with Crippen LogP contribution in [0.5, 0.6) is 0 Å². The van der Waals surface area contributed by atoms with Crippen molar-refractivity contribution in [3.8, 4) is 0 Å². The SMILES string of the molecule is C=CCCC(CC)CCN. The second-order valence-corrected chi connectivity index (χ2v) is 2.72. The van der Waals surface area contributed by atoms with E-state index in [-0.39, 0.29) is 0 Å². The van der Waals surface area contributed by atoms with E-state index in [1.165, 1.54) is 19.3 Å². The maximum Gasteiger partial charge on any atom is -0.00746 e. The summed E-state index contributed by atoms with van der Waals surface area (Å²) in [6.07, 6.45) is 6.81. The summed E-state index contributed by atoms with van der Waals surface area (Å²) in [6, 6.07) is 0. The van der Waals surface area contributed by atoms with Gasteiger partial charge in [0.25, 0.3) is 0 Å². The Kier molecular flexibility index (Phi) is 6.61. The molecular formula is C9H19N. The topological polar surface area (TPSA) is 26.0 Å². The Morgan fingerprint density at radius 1 is 1.50 bits per heavy atom. The first-order valence-electron chi connectivity index (χ1n) is 4.16. The van der Waals surface area contributed by atoms with Gasteiger partial charge in [0.15, 0.2) is 0 Å². The van der Waals surface area contributed by atoms with Crippen LogP contribution in [0.1, 0.15) is 32.6 Å². The van der Waals surface area contributed by atoms with Gasteiger partial charge in [-0.25, -0.2) is 0 Å². The summed E-state index contributed by atoms with van der Waals surface area (Å²) in [4.78, 5) is 0. The van der Waals surface area contributed by atoms with Gasteiger partial charge in [0.2, 0.25) is 0 Å². The van der Waals surface area contributed by atoms with Crippen molar-refractivity contribution >= 4 is 0 Å². The lowest BCUT2D eigenvalue weighted by Crippen LogP contribution is -2.07. The van der Waals surface area contributed by atoms with Gasteiger partial charge in [0, 0.05) is 0 Å². The van der Waals surface area contributed by atoms with E-state index in [1.54, 1.807) is 0 Å². The lowest BCUT2D eigenvalue weighted by molar-refractivity contribution is 0.447. The van der Waals surface area contributed by atoms with Crippen LogP contribution >= 0.6 is 0 Å². The van der Waals surface area contributed by atoms with Crippen molar-refractivity contribution < 1.29 is 0 Å². The number of rotatable bonds is 6. The average Bonchev–Trinajstić information content (AvgIpc) is 1.98.